The first kappa shape index (κ1) is 18.0. The Bertz CT molecular complexity index is 1160. The van der Waals surface area contributed by atoms with E-state index in [0.29, 0.717) is 11.4 Å². The lowest BCUT2D eigenvalue weighted by atomic mass is 9.83. The van der Waals surface area contributed by atoms with E-state index >= 15 is 0 Å². The number of aliphatic imine (C=N–C) groups is 1. The van der Waals surface area contributed by atoms with E-state index in [2.05, 4.69) is 18.8 Å². The Labute approximate surface area is 163 Å². The average molecular weight is 374 g/mol. The van der Waals surface area contributed by atoms with Crippen LogP contribution >= 0.6 is 0 Å². The van der Waals surface area contributed by atoms with Crippen LogP contribution in [0.15, 0.2) is 64.4 Å². The zero-order chi connectivity index (χ0) is 20.1. The van der Waals surface area contributed by atoms with Crippen molar-refractivity contribution >= 4 is 11.4 Å². The Kier molecular flexibility index (Phi) is 4.11. The second kappa shape index (κ2) is 6.37. The topological polar surface area (TPSA) is 63.8 Å². The molecule has 0 aliphatic carbocycles. The fourth-order valence-corrected chi connectivity index (χ4v) is 3.88. The Morgan fingerprint density at radius 1 is 1.11 bits per heavy atom. The summed E-state index contributed by atoms with van der Waals surface area (Å²) in [6, 6.07) is 16.8. The number of hydrogen-bond acceptors (Lipinski definition) is 4. The predicted molar refractivity (Wildman–Crippen MR) is 111 cm³/mol. The Balaban J connectivity index is 1.89. The van der Waals surface area contributed by atoms with E-state index in [0.717, 1.165) is 22.7 Å². The number of hydrogen-bond donors (Lipinski definition) is 1. The lowest BCUT2D eigenvalue weighted by Gasteiger charge is -2.20. The van der Waals surface area contributed by atoms with Gasteiger partial charge in [0.25, 0.3) is 5.56 Å². The highest BCUT2D eigenvalue weighted by Crippen LogP contribution is 2.42. The number of para-hydroxylation sites is 1. The first-order valence-corrected chi connectivity index (χ1v) is 9.13. The van der Waals surface area contributed by atoms with Gasteiger partial charge in [-0.1, -0.05) is 32.0 Å². The number of pyridine rings is 1. The molecule has 0 unspecified atom stereocenters. The van der Waals surface area contributed by atoms with Gasteiger partial charge < -0.3 is 9.84 Å². The first-order chi connectivity index (χ1) is 13.3. The standard InChI is InChI=1S/C23H22N2O3/c1-14(24-15-9-11-16(28-4)12-10-15)21-19(26)13-20-23(2,3)17-7-5-6-8-18(17)25(20)22(21)27/h5-13,26H,1-4H3. The van der Waals surface area contributed by atoms with Gasteiger partial charge in [0.1, 0.15) is 17.1 Å². The molecule has 1 aliphatic heterocycles. The van der Waals surface area contributed by atoms with E-state index in [1.54, 1.807) is 36.8 Å². The zero-order valence-electron chi connectivity index (χ0n) is 16.4. The number of aromatic nitrogens is 1. The van der Waals surface area contributed by atoms with Crippen molar-refractivity contribution < 1.29 is 9.84 Å². The van der Waals surface area contributed by atoms with Gasteiger partial charge in [-0.3, -0.25) is 14.4 Å². The molecule has 142 valence electrons. The normalized spacial score (nSPS) is 14.5. The first-order valence-electron chi connectivity index (χ1n) is 9.13. The number of ether oxygens (including phenoxy) is 1. The molecular weight excluding hydrogens is 352 g/mol. The summed E-state index contributed by atoms with van der Waals surface area (Å²) in [4.78, 5) is 17.9. The molecule has 1 N–H and O–H groups in total. The molecular formula is C23H22N2O3. The maximum Gasteiger partial charge on any atom is 0.268 e. The molecule has 4 rings (SSSR count). The smallest absolute Gasteiger partial charge is 0.268 e. The minimum atomic E-state index is -0.368. The number of fused-ring (bicyclic) bond motifs is 3. The van der Waals surface area contributed by atoms with Crippen LogP contribution < -0.4 is 10.3 Å². The van der Waals surface area contributed by atoms with Crippen LogP contribution in [0.3, 0.4) is 0 Å². The van der Waals surface area contributed by atoms with E-state index in [9.17, 15) is 9.90 Å². The second-order valence-electron chi connectivity index (χ2n) is 7.47. The molecule has 0 saturated heterocycles. The molecule has 5 nitrogen and oxygen atoms in total. The van der Waals surface area contributed by atoms with E-state index in [4.69, 9.17) is 4.74 Å². The van der Waals surface area contributed by atoms with Gasteiger partial charge in [-0.25, -0.2) is 0 Å². The summed E-state index contributed by atoms with van der Waals surface area (Å²) in [7, 11) is 1.60. The fraction of sp³-hybridized carbons (Fsp3) is 0.217. The molecule has 1 aliphatic rings. The number of benzene rings is 2. The highest BCUT2D eigenvalue weighted by atomic mass is 16.5. The van der Waals surface area contributed by atoms with Crippen molar-refractivity contribution in [3.8, 4) is 17.2 Å². The minimum Gasteiger partial charge on any atom is -0.507 e. The van der Waals surface area contributed by atoms with E-state index in [1.807, 2.05) is 36.4 Å². The summed E-state index contributed by atoms with van der Waals surface area (Å²) in [5, 5.41) is 10.7. The molecule has 1 aromatic heterocycles. The molecule has 0 saturated carbocycles. The summed E-state index contributed by atoms with van der Waals surface area (Å²) in [5.74, 6) is 0.683. The molecule has 0 bridgehead atoms. The largest absolute Gasteiger partial charge is 0.507 e. The number of methoxy groups -OCH3 is 1. The summed E-state index contributed by atoms with van der Waals surface area (Å²) in [6.07, 6.45) is 0. The fourth-order valence-electron chi connectivity index (χ4n) is 3.88. The van der Waals surface area contributed by atoms with Crippen molar-refractivity contribution in [2.24, 2.45) is 4.99 Å². The quantitative estimate of drug-likeness (QED) is 0.694. The van der Waals surface area contributed by atoms with Gasteiger partial charge in [0, 0.05) is 17.2 Å². The maximum atomic E-state index is 13.4. The molecule has 28 heavy (non-hydrogen) atoms. The highest BCUT2D eigenvalue weighted by molar-refractivity contribution is 6.02. The number of rotatable bonds is 3. The van der Waals surface area contributed by atoms with Crippen LogP contribution in [0.4, 0.5) is 5.69 Å². The van der Waals surface area contributed by atoms with Crippen molar-refractivity contribution in [3.05, 3.63) is 81.8 Å². The van der Waals surface area contributed by atoms with Crippen LogP contribution in [0, 0.1) is 0 Å². The van der Waals surface area contributed by atoms with Gasteiger partial charge in [-0.05, 0) is 42.8 Å². The van der Waals surface area contributed by atoms with Crippen LogP contribution in [-0.4, -0.2) is 22.5 Å². The summed E-state index contributed by atoms with van der Waals surface area (Å²) in [6.45, 7) is 5.85. The van der Waals surface area contributed by atoms with Crippen LogP contribution in [0.25, 0.3) is 5.69 Å². The lowest BCUT2D eigenvalue weighted by Crippen LogP contribution is -2.27. The summed E-state index contributed by atoms with van der Waals surface area (Å²) < 4.78 is 6.85. The summed E-state index contributed by atoms with van der Waals surface area (Å²) in [5.41, 5.74) is 3.42. The predicted octanol–water partition coefficient (Wildman–Crippen LogP) is 4.33. The van der Waals surface area contributed by atoms with Gasteiger partial charge in [0.15, 0.2) is 0 Å². The minimum absolute atomic E-state index is 0.0492. The monoisotopic (exact) mass is 374 g/mol. The third-order valence-corrected chi connectivity index (χ3v) is 5.38. The third kappa shape index (κ3) is 2.62. The van der Waals surface area contributed by atoms with Crippen molar-refractivity contribution in [1.82, 2.24) is 4.57 Å². The van der Waals surface area contributed by atoms with Crippen LogP contribution in [0.1, 0.15) is 37.6 Å². The van der Waals surface area contributed by atoms with Gasteiger partial charge in [-0.2, -0.15) is 0 Å². The van der Waals surface area contributed by atoms with Crippen LogP contribution in [0.5, 0.6) is 11.5 Å². The maximum absolute atomic E-state index is 13.4. The molecule has 0 fully saturated rings. The Morgan fingerprint density at radius 2 is 1.79 bits per heavy atom. The van der Waals surface area contributed by atoms with Crippen LogP contribution in [-0.2, 0) is 5.41 Å². The van der Waals surface area contributed by atoms with Gasteiger partial charge >= 0.3 is 0 Å². The van der Waals surface area contributed by atoms with E-state index < -0.39 is 0 Å². The zero-order valence-corrected chi connectivity index (χ0v) is 16.4. The van der Waals surface area contributed by atoms with Crippen molar-refractivity contribution in [2.75, 3.05) is 7.11 Å². The van der Waals surface area contributed by atoms with E-state index in [-0.39, 0.29) is 22.3 Å². The SMILES string of the molecule is COc1ccc(N=C(C)c2c(O)cc3n(c2=O)-c2ccccc2C3(C)C)cc1. The molecule has 2 heterocycles. The number of aromatic hydroxyl groups is 1. The van der Waals surface area contributed by atoms with Crippen molar-refractivity contribution in [1.29, 1.82) is 0 Å². The number of nitrogens with zero attached hydrogens (tertiary/aromatic N) is 2. The Morgan fingerprint density at radius 3 is 2.46 bits per heavy atom. The lowest BCUT2D eigenvalue weighted by molar-refractivity contribution is 0.415. The van der Waals surface area contributed by atoms with Gasteiger partial charge in [0.2, 0.25) is 0 Å². The molecule has 0 atom stereocenters. The molecule has 5 heteroatoms. The van der Waals surface area contributed by atoms with E-state index in [1.165, 1.54) is 0 Å². The molecule has 0 radical (unpaired) electrons. The van der Waals surface area contributed by atoms with Gasteiger partial charge in [-0.15, -0.1) is 0 Å². The second-order valence-corrected chi connectivity index (χ2v) is 7.47. The van der Waals surface area contributed by atoms with Crippen LogP contribution in [0.2, 0.25) is 0 Å². The third-order valence-electron chi connectivity index (χ3n) is 5.38. The Hall–Kier alpha value is -3.34. The molecule has 2 aromatic carbocycles. The highest BCUT2D eigenvalue weighted by Gasteiger charge is 2.37. The molecule has 3 aromatic rings. The van der Waals surface area contributed by atoms with Crippen molar-refractivity contribution in [2.45, 2.75) is 26.2 Å². The average Bonchev–Trinajstić information content (AvgIpc) is 2.90. The van der Waals surface area contributed by atoms with Crippen molar-refractivity contribution in [3.63, 3.8) is 0 Å². The molecule has 0 amide bonds. The summed E-state index contributed by atoms with van der Waals surface area (Å²) >= 11 is 0. The molecule has 0 spiro atoms. The van der Waals surface area contributed by atoms with Gasteiger partial charge in [0.05, 0.1) is 24.2 Å².